The Kier molecular flexibility index (Phi) is 3.21. The molecule has 0 radical (unpaired) electrons. The second kappa shape index (κ2) is 3.90. The van der Waals surface area contributed by atoms with E-state index in [0.29, 0.717) is 0 Å². The lowest BCUT2D eigenvalue weighted by Crippen LogP contribution is -2.28. The van der Waals surface area contributed by atoms with Gasteiger partial charge in [0.05, 0.1) is 0 Å². The summed E-state index contributed by atoms with van der Waals surface area (Å²) in [7, 11) is 0. The largest absolute Gasteiger partial charge is 0.407 e. The van der Waals surface area contributed by atoms with Gasteiger partial charge in [0.15, 0.2) is 0 Å². The van der Waals surface area contributed by atoms with Crippen LogP contribution in [-0.2, 0) is 0 Å². The van der Waals surface area contributed by atoms with Crippen LogP contribution in [0.25, 0.3) is 0 Å². The molecule has 0 aliphatic heterocycles. The summed E-state index contributed by atoms with van der Waals surface area (Å²) >= 11 is 3.21. The van der Waals surface area contributed by atoms with E-state index in [1.807, 2.05) is 0 Å². The number of rotatable bonds is 1. The predicted molar refractivity (Wildman–Crippen MR) is 51.9 cm³/mol. The maximum Gasteiger partial charge on any atom is 0.407 e. The lowest BCUT2D eigenvalue weighted by atomic mass is 10.1. The van der Waals surface area contributed by atoms with Crippen LogP contribution in [0.5, 0.6) is 0 Å². The maximum absolute atomic E-state index is 12.2. The summed E-state index contributed by atoms with van der Waals surface area (Å²) in [5.74, 6) is 0. The molecule has 1 nitrogen and oxygen atoms in total. The van der Waals surface area contributed by atoms with Crippen molar-refractivity contribution in [2.45, 2.75) is 19.1 Å². The zero-order valence-corrected chi connectivity index (χ0v) is 8.98. The molecule has 2 N–H and O–H groups in total. The number of halogens is 4. The van der Waals surface area contributed by atoms with E-state index in [0.717, 1.165) is 10.0 Å². The van der Waals surface area contributed by atoms with Gasteiger partial charge in [-0.05, 0) is 24.1 Å². The van der Waals surface area contributed by atoms with Crippen molar-refractivity contribution in [3.8, 4) is 0 Å². The minimum absolute atomic E-state index is 0.0817. The van der Waals surface area contributed by atoms with Gasteiger partial charge in [-0.2, -0.15) is 13.2 Å². The molecule has 1 rings (SSSR count). The van der Waals surface area contributed by atoms with Gasteiger partial charge in [-0.1, -0.05) is 28.1 Å². The molecule has 0 heterocycles. The molecular formula is C9H9BrF3N. The van der Waals surface area contributed by atoms with Gasteiger partial charge >= 0.3 is 6.18 Å². The zero-order valence-electron chi connectivity index (χ0n) is 7.40. The van der Waals surface area contributed by atoms with Gasteiger partial charge in [-0.15, -0.1) is 0 Å². The van der Waals surface area contributed by atoms with Gasteiger partial charge in [0.1, 0.15) is 6.04 Å². The smallest absolute Gasteiger partial charge is 0.316 e. The van der Waals surface area contributed by atoms with E-state index in [1.54, 1.807) is 13.0 Å². The van der Waals surface area contributed by atoms with Crippen LogP contribution in [0.2, 0.25) is 0 Å². The molecule has 1 atom stereocenters. The first kappa shape index (κ1) is 11.5. The summed E-state index contributed by atoms with van der Waals surface area (Å²) in [6.07, 6.45) is -4.39. The van der Waals surface area contributed by atoms with Crippen LogP contribution in [-0.4, -0.2) is 6.18 Å². The Morgan fingerprint density at radius 1 is 1.36 bits per heavy atom. The van der Waals surface area contributed by atoms with Gasteiger partial charge in [0.25, 0.3) is 0 Å². The maximum atomic E-state index is 12.2. The molecule has 0 bridgehead atoms. The Bertz CT molecular complexity index is 335. The molecule has 0 aliphatic carbocycles. The Hall–Kier alpha value is -0.550. The molecular weight excluding hydrogens is 259 g/mol. The van der Waals surface area contributed by atoms with Crippen LogP contribution in [0.1, 0.15) is 17.2 Å². The monoisotopic (exact) mass is 267 g/mol. The normalized spacial score (nSPS) is 14.1. The first-order chi connectivity index (χ1) is 6.32. The van der Waals surface area contributed by atoms with Gasteiger partial charge in [0, 0.05) is 4.47 Å². The SMILES string of the molecule is Cc1cc(C(N)C(F)(F)F)ccc1Br. The van der Waals surface area contributed by atoms with Crippen molar-refractivity contribution in [1.82, 2.24) is 0 Å². The van der Waals surface area contributed by atoms with Crippen LogP contribution in [0, 0.1) is 6.92 Å². The fraction of sp³-hybridized carbons (Fsp3) is 0.333. The quantitative estimate of drug-likeness (QED) is 0.830. The highest BCUT2D eigenvalue weighted by atomic mass is 79.9. The minimum Gasteiger partial charge on any atom is -0.316 e. The summed E-state index contributed by atoms with van der Waals surface area (Å²) in [6.45, 7) is 1.72. The summed E-state index contributed by atoms with van der Waals surface area (Å²) in [6, 6.07) is 2.46. The third-order valence-electron chi connectivity index (χ3n) is 1.89. The Balaban J connectivity index is 3.03. The zero-order chi connectivity index (χ0) is 10.9. The molecule has 0 saturated heterocycles. The average molecular weight is 268 g/mol. The fourth-order valence-corrected chi connectivity index (χ4v) is 1.30. The standard InChI is InChI=1S/C9H9BrF3N/c1-5-4-6(2-3-7(5)10)8(14)9(11,12)13/h2-4,8H,14H2,1H3. The van der Waals surface area contributed by atoms with E-state index in [9.17, 15) is 13.2 Å². The van der Waals surface area contributed by atoms with Crippen molar-refractivity contribution in [3.05, 3.63) is 33.8 Å². The second-order valence-corrected chi connectivity index (χ2v) is 3.88. The van der Waals surface area contributed by atoms with Crippen molar-refractivity contribution >= 4 is 15.9 Å². The van der Waals surface area contributed by atoms with Crippen molar-refractivity contribution < 1.29 is 13.2 Å². The Morgan fingerprint density at radius 2 is 1.93 bits per heavy atom. The van der Waals surface area contributed by atoms with Crippen molar-refractivity contribution in [3.63, 3.8) is 0 Å². The Morgan fingerprint density at radius 3 is 2.36 bits per heavy atom. The molecule has 5 heteroatoms. The first-order valence-corrected chi connectivity index (χ1v) is 4.70. The molecule has 1 unspecified atom stereocenters. The number of benzene rings is 1. The molecule has 0 fully saturated rings. The number of hydrogen-bond acceptors (Lipinski definition) is 1. The molecule has 78 valence electrons. The second-order valence-electron chi connectivity index (χ2n) is 3.03. The van der Waals surface area contributed by atoms with Gasteiger partial charge < -0.3 is 5.73 Å². The predicted octanol–water partition coefficient (Wildman–Crippen LogP) is 3.32. The lowest BCUT2D eigenvalue weighted by molar-refractivity contribution is -0.149. The highest BCUT2D eigenvalue weighted by Gasteiger charge is 2.37. The van der Waals surface area contributed by atoms with E-state index in [2.05, 4.69) is 15.9 Å². The summed E-state index contributed by atoms with van der Waals surface area (Å²) in [5.41, 5.74) is 5.87. The minimum atomic E-state index is -4.39. The molecule has 0 amide bonds. The van der Waals surface area contributed by atoms with E-state index in [-0.39, 0.29) is 5.56 Å². The van der Waals surface area contributed by atoms with E-state index >= 15 is 0 Å². The molecule has 1 aromatic carbocycles. The molecule has 14 heavy (non-hydrogen) atoms. The van der Waals surface area contributed by atoms with Crippen LogP contribution < -0.4 is 5.73 Å². The van der Waals surface area contributed by atoms with Crippen LogP contribution >= 0.6 is 15.9 Å². The third kappa shape index (κ3) is 2.48. The van der Waals surface area contributed by atoms with Gasteiger partial charge in [0.2, 0.25) is 0 Å². The van der Waals surface area contributed by atoms with Crippen LogP contribution in [0.3, 0.4) is 0 Å². The van der Waals surface area contributed by atoms with E-state index in [4.69, 9.17) is 5.73 Å². The number of aryl methyl sites for hydroxylation is 1. The van der Waals surface area contributed by atoms with E-state index in [1.165, 1.54) is 12.1 Å². The van der Waals surface area contributed by atoms with Crippen molar-refractivity contribution in [2.24, 2.45) is 5.73 Å². The number of hydrogen-bond donors (Lipinski definition) is 1. The molecule has 0 aromatic heterocycles. The molecule has 0 saturated carbocycles. The van der Waals surface area contributed by atoms with Gasteiger partial charge in [-0.3, -0.25) is 0 Å². The van der Waals surface area contributed by atoms with Crippen molar-refractivity contribution in [2.75, 3.05) is 0 Å². The average Bonchev–Trinajstić information content (AvgIpc) is 2.07. The molecule has 0 aliphatic rings. The summed E-state index contributed by atoms with van der Waals surface area (Å²) < 4.78 is 37.5. The van der Waals surface area contributed by atoms with E-state index < -0.39 is 12.2 Å². The topological polar surface area (TPSA) is 26.0 Å². The van der Waals surface area contributed by atoms with Crippen LogP contribution in [0.4, 0.5) is 13.2 Å². The fourth-order valence-electron chi connectivity index (χ4n) is 1.05. The molecule has 1 aromatic rings. The molecule has 0 spiro atoms. The Labute approximate surface area is 88.2 Å². The first-order valence-electron chi connectivity index (χ1n) is 3.90. The lowest BCUT2D eigenvalue weighted by Gasteiger charge is -2.16. The van der Waals surface area contributed by atoms with Crippen LogP contribution in [0.15, 0.2) is 22.7 Å². The third-order valence-corrected chi connectivity index (χ3v) is 2.78. The summed E-state index contributed by atoms with van der Waals surface area (Å²) in [4.78, 5) is 0. The number of nitrogens with two attached hydrogens (primary N) is 1. The summed E-state index contributed by atoms with van der Waals surface area (Å²) in [5, 5.41) is 0. The van der Waals surface area contributed by atoms with Crippen molar-refractivity contribution in [1.29, 1.82) is 0 Å². The van der Waals surface area contributed by atoms with Gasteiger partial charge in [-0.25, -0.2) is 0 Å². The highest BCUT2D eigenvalue weighted by molar-refractivity contribution is 9.10. The number of alkyl halides is 3. The highest BCUT2D eigenvalue weighted by Crippen LogP contribution is 2.31.